The van der Waals surface area contributed by atoms with Crippen LogP contribution in [0.4, 0.5) is 4.79 Å². The Morgan fingerprint density at radius 1 is 1.50 bits per heavy atom. The maximum Gasteiger partial charge on any atom is 0.315 e. The molecule has 3 N–H and O–H groups in total. The molecule has 0 aliphatic carbocycles. The van der Waals surface area contributed by atoms with E-state index in [0.29, 0.717) is 19.6 Å². The third-order valence-corrected chi connectivity index (χ3v) is 3.00. The van der Waals surface area contributed by atoms with Crippen LogP contribution in [0.25, 0.3) is 0 Å². The molecule has 1 aliphatic rings. The van der Waals surface area contributed by atoms with Crippen LogP contribution in [0, 0.1) is 0 Å². The maximum absolute atomic E-state index is 11.1. The van der Waals surface area contributed by atoms with Gasteiger partial charge in [0.05, 0.1) is 0 Å². The minimum Gasteiger partial charge on any atom is -0.351 e. The summed E-state index contributed by atoms with van der Waals surface area (Å²) in [5.41, 5.74) is 8.84. The lowest BCUT2D eigenvalue weighted by Crippen LogP contribution is -2.39. The lowest BCUT2D eigenvalue weighted by molar-refractivity contribution is 0.202. The second-order valence-corrected chi connectivity index (χ2v) is 4.19. The van der Waals surface area contributed by atoms with Gasteiger partial charge in [-0.25, -0.2) is 9.63 Å². The number of primary amides is 1. The summed E-state index contributed by atoms with van der Waals surface area (Å²) < 4.78 is 0. The molecule has 1 heterocycles. The molecule has 0 bridgehead atoms. The fourth-order valence-electron chi connectivity index (χ4n) is 1.99. The van der Waals surface area contributed by atoms with E-state index < -0.39 is 0 Å². The summed E-state index contributed by atoms with van der Waals surface area (Å²) in [5, 5.41) is 0. The summed E-state index contributed by atoms with van der Waals surface area (Å²) in [6.45, 7) is 1.92. The average Bonchev–Trinajstić information content (AvgIpc) is 2.28. The second kappa shape index (κ2) is 4.72. The number of hydrogen-bond donors (Lipinski definition) is 2. The number of amides is 2. The Kier molecular flexibility index (Phi) is 3.31. The predicted molar refractivity (Wildman–Crippen MR) is 62.8 cm³/mol. The molecular weight excluding hydrogens is 226 g/mol. The van der Waals surface area contributed by atoms with Gasteiger partial charge in [-0.05, 0) is 34.9 Å². The van der Waals surface area contributed by atoms with Gasteiger partial charge >= 0.3 is 6.03 Å². The molecule has 0 spiro atoms. The number of rotatable bonds is 2. The van der Waals surface area contributed by atoms with E-state index in [1.54, 1.807) is 4.90 Å². The predicted octanol–water partition coefficient (Wildman–Crippen LogP) is 1.37. The van der Waals surface area contributed by atoms with Gasteiger partial charge < -0.3 is 10.6 Å². The Morgan fingerprint density at radius 3 is 3.00 bits per heavy atom. The monoisotopic (exact) mass is 239 g/mol. The number of nitrogens with one attached hydrogen (secondary N) is 1. The molecule has 0 unspecified atom stereocenters. The SMILES string of the molecule is NC(=O)N1CCc2ccc(CNCl)cc2C1. The lowest BCUT2D eigenvalue weighted by Gasteiger charge is -2.27. The molecule has 2 rings (SSSR count). The number of benzene rings is 1. The first kappa shape index (κ1) is 11.2. The summed E-state index contributed by atoms with van der Waals surface area (Å²) >= 11 is 5.46. The molecule has 5 heteroatoms. The van der Waals surface area contributed by atoms with Crippen LogP contribution in [0.2, 0.25) is 0 Å². The molecular formula is C11H14ClN3O. The topological polar surface area (TPSA) is 58.4 Å². The van der Waals surface area contributed by atoms with Gasteiger partial charge in [0.25, 0.3) is 0 Å². The molecule has 1 aromatic rings. The summed E-state index contributed by atoms with van der Waals surface area (Å²) in [6.07, 6.45) is 0.868. The van der Waals surface area contributed by atoms with Crippen LogP contribution >= 0.6 is 11.8 Å². The Labute approximate surface area is 99.5 Å². The number of nitrogens with two attached hydrogens (primary N) is 1. The third-order valence-electron chi connectivity index (χ3n) is 2.87. The van der Waals surface area contributed by atoms with Crippen LogP contribution < -0.4 is 10.6 Å². The summed E-state index contributed by atoms with van der Waals surface area (Å²) in [6, 6.07) is 5.86. The van der Waals surface area contributed by atoms with Gasteiger partial charge in [-0.3, -0.25) is 0 Å². The van der Waals surface area contributed by atoms with Crippen LogP contribution in [-0.4, -0.2) is 17.5 Å². The average molecular weight is 240 g/mol. The second-order valence-electron chi connectivity index (χ2n) is 3.92. The molecule has 0 fully saturated rings. The molecule has 1 aromatic carbocycles. The summed E-state index contributed by atoms with van der Waals surface area (Å²) in [7, 11) is 0. The lowest BCUT2D eigenvalue weighted by atomic mass is 9.97. The van der Waals surface area contributed by atoms with Gasteiger partial charge in [0.1, 0.15) is 0 Å². The van der Waals surface area contributed by atoms with E-state index in [1.807, 2.05) is 6.07 Å². The standard InChI is InChI=1S/C11H14ClN3O/c12-14-6-8-1-2-9-3-4-15(11(13)16)7-10(9)5-8/h1-2,5,14H,3-4,6-7H2,(H2,13,16). The first-order valence-corrected chi connectivity index (χ1v) is 5.57. The molecule has 0 saturated carbocycles. The Morgan fingerprint density at radius 2 is 2.31 bits per heavy atom. The van der Waals surface area contributed by atoms with Crippen LogP contribution in [0.5, 0.6) is 0 Å². The molecule has 0 aromatic heterocycles. The summed E-state index contributed by atoms with van der Waals surface area (Å²) in [5.74, 6) is 0. The Hall–Kier alpha value is -1.26. The minimum atomic E-state index is -0.355. The smallest absolute Gasteiger partial charge is 0.315 e. The quantitative estimate of drug-likeness (QED) is 0.766. The van der Waals surface area contributed by atoms with Gasteiger partial charge in [-0.15, -0.1) is 0 Å². The number of fused-ring (bicyclic) bond motifs is 1. The van der Waals surface area contributed by atoms with E-state index in [4.69, 9.17) is 17.5 Å². The van der Waals surface area contributed by atoms with Crippen molar-refractivity contribution in [1.29, 1.82) is 0 Å². The molecule has 1 aliphatic heterocycles. The zero-order valence-corrected chi connectivity index (χ0v) is 9.63. The van der Waals surface area contributed by atoms with Gasteiger partial charge in [-0.2, -0.15) is 0 Å². The van der Waals surface area contributed by atoms with E-state index in [0.717, 1.165) is 17.5 Å². The molecule has 0 radical (unpaired) electrons. The molecule has 86 valence electrons. The number of carbonyl (C=O) groups is 1. The van der Waals surface area contributed by atoms with Crippen LogP contribution in [-0.2, 0) is 19.5 Å². The Bertz CT molecular complexity index is 408. The van der Waals surface area contributed by atoms with Crippen molar-refractivity contribution in [2.75, 3.05) is 6.54 Å². The fraction of sp³-hybridized carbons (Fsp3) is 0.364. The first-order valence-electron chi connectivity index (χ1n) is 5.19. The van der Waals surface area contributed by atoms with Gasteiger partial charge in [0.15, 0.2) is 0 Å². The first-order chi connectivity index (χ1) is 7.70. The Balaban J connectivity index is 2.21. The highest BCUT2D eigenvalue weighted by atomic mass is 35.5. The minimum absolute atomic E-state index is 0.355. The van der Waals surface area contributed by atoms with Crippen LogP contribution in [0.1, 0.15) is 16.7 Å². The van der Waals surface area contributed by atoms with Crippen molar-refractivity contribution in [3.05, 3.63) is 34.9 Å². The van der Waals surface area contributed by atoms with E-state index in [-0.39, 0.29) is 6.03 Å². The van der Waals surface area contributed by atoms with E-state index in [1.165, 1.54) is 5.56 Å². The van der Waals surface area contributed by atoms with Crippen molar-refractivity contribution in [2.24, 2.45) is 5.73 Å². The number of nitrogens with zero attached hydrogens (tertiary/aromatic N) is 1. The van der Waals surface area contributed by atoms with Crippen LogP contribution in [0.15, 0.2) is 18.2 Å². The molecule has 2 amide bonds. The maximum atomic E-state index is 11.1. The van der Waals surface area contributed by atoms with Gasteiger partial charge in [0, 0.05) is 19.6 Å². The highest BCUT2D eigenvalue weighted by Gasteiger charge is 2.18. The van der Waals surface area contributed by atoms with E-state index >= 15 is 0 Å². The van der Waals surface area contributed by atoms with Gasteiger partial charge in [-0.1, -0.05) is 18.2 Å². The number of hydrogen-bond acceptors (Lipinski definition) is 2. The normalized spacial score (nSPS) is 14.7. The van der Waals surface area contributed by atoms with E-state index in [9.17, 15) is 4.79 Å². The largest absolute Gasteiger partial charge is 0.351 e. The highest BCUT2D eigenvalue weighted by molar-refractivity contribution is 6.13. The van der Waals surface area contributed by atoms with Gasteiger partial charge in [0.2, 0.25) is 0 Å². The molecule has 4 nitrogen and oxygen atoms in total. The summed E-state index contributed by atoms with van der Waals surface area (Å²) in [4.78, 5) is 15.3. The van der Waals surface area contributed by atoms with E-state index in [2.05, 4.69) is 17.0 Å². The van der Waals surface area contributed by atoms with Crippen molar-refractivity contribution < 1.29 is 4.79 Å². The number of urea groups is 1. The van der Waals surface area contributed by atoms with Crippen molar-refractivity contribution in [1.82, 2.24) is 9.74 Å². The number of halogens is 1. The molecule has 0 atom stereocenters. The molecule has 16 heavy (non-hydrogen) atoms. The third kappa shape index (κ3) is 2.28. The van der Waals surface area contributed by atoms with Crippen molar-refractivity contribution in [3.63, 3.8) is 0 Å². The highest BCUT2D eigenvalue weighted by Crippen LogP contribution is 2.20. The zero-order chi connectivity index (χ0) is 11.5. The zero-order valence-electron chi connectivity index (χ0n) is 8.87. The van der Waals surface area contributed by atoms with Crippen molar-refractivity contribution in [3.8, 4) is 0 Å². The molecule has 0 saturated heterocycles. The van der Waals surface area contributed by atoms with Crippen molar-refractivity contribution in [2.45, 2.75) is 19.5 Å². The van der Waals surface area contributed by atoms with Crippen molar-refractivity contribution >= 4 is 17.8 Å². The fourth-order valence-corrected chi connectivity index (χ4v) is 2.14. The number of carbonyl (C=O) groups excluding carboxylic acids is 1. The van der Waals surface area contributed by atoms with Crippen LogP contribution in [0.3, 0.4) is 0 Å².